The van der Waals surface area contributed by atoms with Crippen LogP contribution in [0, 0.1) is 0 Å². The fraction of sp³-hybridized carbons (Fsp3) is 0.222. The van der Waals surface area contributed by atoms with Gasteiger partial charge < -0.3 is 0 Å². The molecular weight excluding hydrogens is 215 g/mol. The SMILES string of the molecule is [B]C(C)C(=O)c1ccc(Br)cc1. The standard InChI is InChI=1S/C9H8BBrO/c1-6(10)9(12)7-2-4-8(11)5-3-7/h2-6H,1H3. The molecule has 1 aromatic rings. The summed E-state index contributed by atoms with van der Waals surface area (Å²) in [7, 11) is 5.44. The Morgan fingerprint density at radius 1 is 1.42 bits per heavy atom. The number of carbonyl (C=O) groups is 1. The third-order valence-electron chi connectivity index (χ3n) is 1.54. The number of hydrogen-bond acceptors (Lipinski definition) is 1. The van der Waals surface area contributed by atoms with Gasteiger partial charge in [0.2, 0.25) is 0 Å². The van der Waals surface area contributed by atoms with Crippen molar-refractivity contribution in [1.29, 1.82) is 0 Å². The summed E-state index contributed by atoms with van der Waals surface area (Å²) in [5.74, 6) is -0.450. The summed E-state index contributed by atoms with van der Waals surface area (Å²) < 4.78 is 0.962. The van der Waals surface area contributed by atoms with Gasteiger partial charge in [-0.3, -0.25) is 4.79 Å². The molecule has 1 aromatic carbocycles. The van der Waals surface area contributed by atoms with Gasteiger partial charge in [-0.2, -0.15) is 0 Å². The molecule has 12 heavy (non-hydrogen) atoms. The Labute approximate surface area is 81.7 Å². The van der Waals surface area contributed by atoms with Crippen LogP contribution in [0.15, 0.2) is 28.7 Å². The van der Waals surface area contributed by atoms with Crippen molar-refractivity contribution in [2.24, 2.45) is 0 Å². The summed E-state index contributed by atoms with van der Waals surface area (Å²) in [6, 6.07) is 7.18. The molecule has 1 atom stereocenters. The Morgan fingerprint density at radius 2 is 1.92 bits per heavy atom. The van der Waals surface area contributed by atoms with Crippen molar-refractivity contribution in [3.05, 3.63) is 34.3 Å². The van der Waals surface area contributed by atoms with Crippen LogP contribution in [0.4, 0.5) is 0 Å². The predicted molar refractivity (Wildman–Crippen MR) is 53.7 cm³/mol. The zero-order valence-electron chi connectivity index (χ0n) is 6.75. The molecule has 0 N–H and O–H groups in total. The van der Waals surface area contributed by atoms with Crippen LogP contribution >= 0.6 is 15.9 Å². The van der Waals surface area contributed by atoms with Crippen LogP contribution in [-0.4, -0.2) is 13.6 Å². The highest BCUT2D eigenvalue weighted by Gasteiger charge is 2.08. The lowest BCUT2D eigenvalue weighted by molar-refractivity contribution is 0.0989. The molecule has 0 aliphatic heterocycles. The maximum atomic E-state index is 11.3. The normalized spacial score (nSPS) is 12.5. The van der Waals surface area contributed by atoms with Crippen molar-refractivity contribution in [1.82, 2.24) is 0 Å². The molecule has 1 nitrogen and oxygen atoms in total. The van der Waals surface area contributed by atoms with E-state index in [1.807, 2.05) is 12.1 Å². The second kappa shape index (κ2) is 3.90. The van der Waals surface area contributed by atoms with Crippen LogP contribution in [0.1, 0.15) is 17.3 Å². The van der Waals surface area contributed by atoms with E-state index < -0.39 is 5.82 Å². The van der Waals surface area contributed by atoms with Crippen molar-refractivity contribution in [3.63, 3.8) is 0 Å². The highest BCUT2D eigenvalue weighted by atomic mass is 79.9. The molecule has 0 aliphatic rings. The number of halogens is 1. The minimum Gasteiger partial charge on any atom is -0.295 e. The smallest absolute Gasteiger partial charge is 0.157 e. The molecule has 0 amide bonds. The van der Waals surface area contributed by atoms with Gasteiger partial charge in [0.15, 0.2) is 5.78 Å². The highest BCUT2D eigenvalue weighted by Crippen LogP contribution is 2.14. The Morgan fingerprint density at radius 3 is 2.33 bits per heavy atom. The van der Waals surface area contributed by atoms with Crippen molar-refractivity contribution in [2.45, 2.75) is 12.7 Å². The van der Waals surface area contributed by atoms with Gasteiger partial charge in [0, 0.05) is 10.0 Å². The van der Waals surface area contributed by atoms with Crippen molar-refractivity contribution < 1.29 is 4.79 Å². The topological polar surface area (TPSA) is 17.1 Å². The van der Waals surface area contributed by atoms with E-state index in [-0.39, 0.29) is 5.78 Å². The summed E-state index contributed by atoms with van der Waals surface area (Å²) in [5, 5.41) is 0. The third kappa shape index (κ3) is 2.21. The van der Waals surface area contributed by atoms with Crippen LogP contribution < -0.4 is 0 Å². The minimum absolute atomic E-state index is 0.0255. The quantitative estimate of drug-likeness (QED) is 0.556. The van der Waals surface area contributed by atoms with E-state index in [0.29, 0.717) is 5.56 Å². The van der Waals surface area contributed by atoms with Gasteiger partial charge in [-0.1, -0.05) is 35.0 Å². The lowest BCUT2D eigenvalue weighted by atomic mass is 9.83. The zero-order chi connectivity index (χ0) is 9.14. The second-order valence-corrected chi connectivity index (χ2v) is 3.58. The van der Waals surface area contributed by atoms with E-state index in [2.05, 4.69) is 15.9 Å². The van der Waals surface area contributed by atoms with Crippen LogP contribution in [0.5, 0.6) is 0 Å². The van der Waals surface area contributed by atoms with Gasteiger partial charge in [-0.25, -0.2) is 0 Å². The fourth-order valence-electron chi connectivity index (χ4n) is 0.877. The van der Waals surface area contributed by atoms with E-state index in [1.165, 1.54) is 0 Å². The summed E-state index contributed by atoms with van der Waals surface area (Å²) in [6.45, 7) is 1.68. The van der Waals surface area contributed by atoms with Crippen molar-refractivity contribution in [2.75, 3.05) is 0 Å². The second-order valence-electron chi connectivity index (χ2n) is 2.66. The largest absolute Gasteiger partial charge is 0.295 e. The van der Waals surface area contributed by atoms with Crippen LogP contribution in [-0.2, 0) is 0 Å². The summed E-state index contributed by atoms with van der Waals surface area (Å²) in [4.78, 5) is 11.3. The lowest BCUT2D eigenvalue weighted by Gasteiger charge is -2.03. The molecule has 0 spiro atoms. The van der Waals surface area contributed by atoms with Crippen molar-refractivity contribution >= 4 is 29.6 Å². The van der Waals surface area contributed by atoms with E-state index in [0.717, 1.165) is 4.47 Å². The molecule has 0 fully saturated rings. The molecule has 0 aliphatic carbocycles. The van der Waals surface area contributed by atoms with Gasteiger partial charge in [-0.15, -0.1) is 0 Å². The molecule has 3 heteroatoms. The van der Waals surface area contributed by atoms with E-state index >= 15 is 0 Å². The first-order valence-electron chi connectivity index (χ1n) is 3.66. The lowest BCUT2D eigenvalue weighted by Crippen LogP contribution is -2.04. The van der Waals surface area contributed by atoms with Gasteiger partial charge in [0.05, 0.1) is 7.85 Å². The first-order chi connectivity index (χ1) is 5.61. The van der Waals surface area contributed by atoms with Crippen LogP contribution in [0.3, 0.4) is 0 Å². The molecule has 60 valence electrons. The number of Topliss-reactive ketones (excluding diaryl/α,β-unsaturated/α-hetero) is 1. The van der Waals surface area contributed by atoms with E-state index in [1.54, 1.807) is 19.1 Å². The molecule has 0 bridgehead atoms. The number of ketones is 1. The van der Waals surface area contributed by atoms with Gasteiger partial charge in [-0.05, 0) is 17.9 Å². The van der Waals surface area contributed by atoms with E-state index in [9.17, 15) is 4.79 Å². The molecule has 0 aromatic heterocycles. The van der Waals surface area contributed by atoms with Gasteiger partial charge in [0.1, 0.15) is 0 Å². The predicted octanol–water partition coefficient (Wildman–Crippen LogP) is 2.61. The van der Waals surface area contributed by atoms with Crippen LogP contribution in [0.2, 0.25) is 5.82 Å². The average molecular weight is 223 g/mol. The maximum absolute atomic E-state index is 11.3. The number of benzene rings is 1. The first kappa shape index (κ1) is 9.52. The number of rotatable bonds is 2. The monoisotopic (exact) mass is 222 g/mol. The van der Waals surface area contributed by atoms with Gasteiger partial charge in [0.25, 0.3) is 0 Å². The fourth-order valence-corrected chi connectivity index (χ4v) is 1.14. The molecule has 1 rings (SSSR count). The minimum atomic E-state index is -0.425. The molecule has 0 saturated heterocycles. The van der Waals surface area contributed by atoms with Crippen molar-refractivity contribution in [3.8, 4) is 0 Å². The Kier molecular flexibility index (Phi) is 3.09. The summed E-state index contributed by atoms with van der Waals surface area (Å²) in [6.07, 6.45) is 0. The third-order valence-corrected chi connectivity index (χ3v) is 2.07. The van der Waals surface area contributed by atoms with Crippen LogP contribution in [0.25, 0.3) is 0 Å². The Hall–Kier alpha value is -0.565. The zero-order valence-corrected chi connectivity index (χ0v) is 8.34. The molecule has 1 unspecified atom stereocenters. The number of carbonyl (C=O) groups excluding carboxylic acids is 1. The molecule has 0 heterocycles. The summed E-state index contributed by atoms with van der Waals surface area (Å²) in [5.41, 5.74) is 0.660. The van der Waals surface area contributed by atoms with Gasteiger partial charge >= 0.3 is 0 Å². The molecule has 2 radical (unpaired) electrons. The van der Waals surface area contributed by atoms with E-state index in [4.69, 9.17) is 7.85 Å². The molecule has 0 saturated carbocycles. The number of hydrogen-bond donors (Lipinski definition) is 0. The maximum Gasteiger partial charge on any atom is 0.157 e. The Bertz CT molecular complexity index is 279. The Balaban J connectivity index is 2.90. The molecular formula is C9H8BBrO. The highest BCUT2D eigenvalue weighted by molar-refractivity contribution is 9.10. The first-order valence-corrected chi connectivity index (χ1v) is 4.46. The summed E-state index contributed by atoms with van der Waals surface area (Å²) >= 11 is 3.29. The average Bonchev–Trinajstić information content (AvgIpc) is 2.04.